The molecule has 2 aromatic rings. The Hall–Kier alpha value is -2.49. The van der Waals surface area contributed by atoms with Gasteiger partial charge in [0.25, 0.3) is 5.91 Å². The standard InChI is InChI=1S/C24H23ClN2O5S2/c25-17-4-2-1-3-16(17)18-8-6-15(32-18)10-21-23(29)27(24(33)34-21)12-22(28)26-11-14-5-7-19-20(9-14)31-13-30-19/h5-10,16-17H,1-4,11-13H2,(H,26,28)/b21-10-. The van der Waals surface area contributed by atoms with Gasteiger partial charge in [-0.1, -0.05) is 42.9 Å². The monoisotopic (exact) mass is 518 g/mol. The summed E-state index contributed by atoms with van der Waals surface area (Å²) in [7, 11) is 0. The molecule has 2 unspecified atom stereocenters. The molecule has 3 aliphatic rings. The van der Waals surface area contributed by atoms with E-state index in [4.69, 9.17) is 37.7 Å². The fourth-order valence-corrected chi connectivity index (χ4v) is 5.91. The minimum absolute atomic E-state index is 0.0714. The normalized spacial score (nSPS) is 23.1. The van der Waals surface area contributed by atoms with Gasteiger partial charge in [-0.15, -0.1) is 11.6 Å². The fourth-order valence-electron chi connectivity index (χ4n) is 4.27. The van der Waals surface area contributed by atoms with E-state index in [2.05, 4.69) is 5.32 Å². The van der Waals surface area contributed by atoms with Crippen molar-refractivity contribution >= 4 is 57.8 Å². The van der Waals surface area contributed by atoms with Gasteiger partial charge in [0, 0.05) is 23.9 Å². The van der Waals surface area contributed by atoms with Gasteiger partial charge in [0.05, 0.1) is 4.91 Å². The van der Waals surface area contributed by atoms with Gasteiger partial charge >= 0.3 is 0 Å². The molecule has 1 aromatic carbocycles. The van der Waals surface area contributed by atoms with Crippen molar-refractivity contribution in [3.05, 3.63) is 52.3 Å². The largest absolute Gasteiger partial charge is 0.461 e. The third-order valence-electron chi connectivity index (χ3n) is 6.07. The smallest absolute Gasteiger partial charge is 0.266 e. The number of ether oxygens (including phenoxy) is 2. The predicted octanol–water partition coefficient (Wildman–Crippen LogP) is 4.79. The second-order valence-electron chi connectivity index (χ2n) is 8.38. The van der Waals surface area contributed by atoms with E-state index >= 15 is 0 Å². The van der Waals surface area contributed by atoms with Crippen LogP contribution in [0.2, 0.25) is 0 Å². The quantitative estimate of drug-likeness (QED) is 0.334. The molecular formula is C24H23ClN2O5S2. The molecule has 1 aromatic heterocycles. The summed E-state index contributed by atoms with van der Waals surface area (Å²) in [5.41, 5.74) is 0.869. The highest BCUT2D eigenvalue weighted by Crippen LogP contribution is 2.38. The third kappa shape index (κ3) is 4.96. The second-order valence-corrected chi connectivity index (χ2v) is 10.6. The highest BCUT2D eigenvalue weighted by Gasteiger charge is 2.34. The minimum Gasteiger partial charge on any atom is -0.461 e. The topological polar surface area (TPSA) is 81.0 Å². The molecule has 0 bridgehead atoms. The first-order valence-electron chi connectivity index (χ1n) is 11.1. The summed E-state index contributed by atoms with van der Waals surface area (Å²) in [6.45, 7) is 0.351. The summed E-state index contributed by atoms with van der Waals surface area (Å²) >= 11 is 13.0. The van der Waals surface area contributed by atoms with Crippen molar-refractivity contribution in [1.82, 2.24) is 10.2 Å². The van der Waals surface area contributed by atoms with E-state index in [0.29, 0.717) is 33.0 Å². The number of nitrogens with one attached hydrogen (secondary N) is 1. The average Bonchev–Trinajstić information content (AvgIpc) is 3.54. The lowest BCUT2D eigenvalue weighted by molar-refractivity contribution is -0.128. The number of fused-ring (bicyclic) bond motifs is 1. The molecule has 5 rings (SSSR count). The van der Waals surface area contributed by atoms with Crippen LogP contribution in [0.3, 0.4) is 0 Å². The maximum Gasteiger partial charge on any atom is 0.266 e. The van der Waals surface area contributed by atoms with Crippen LogP contribution in [0.4, 0.5) is 0 Å². The van der Waals surface area contributed by atoms with Crippen LogP contribution in [0, 0.1) is 0 Å². The number of furan rings is 1. The van der Waals surface area contributed by atoms with Crippen molar-refractivity contribution in [1.29, 1.82) is 0 Å². The number of carbonyl (C=O) groups excluding carboxylic acids is 2. The van der Waals surface area contributed by atoms with Crippen LogP contribution in [0.1, 0.15) is 48.7 Å². The van der Waals surface area contributed by atoms with Gasteiger partial charge in [0.2, 0.25) is 12.7 Å². The molecular weight excluding hydrogens is 496 g/mol. The van der Waals surface area contributed by atoms with Crippen LogP contribution in [0.15, 0.2) is 39.7 Å². The van der Waals surface area contributed by atoms with E-state index in [1.807, 2.05) is 24.3 Å². The Balaban J connectivity index is 1.19. The van der Waals surface area contributed by atoms with E-state index in [-0.39, 0.29) is 36.4 Å². The molecule has 3 heterocycles. The Bertz CT molecular complexity index is 1160. The van der Waals surface area contributed by atoms with Crippen LogP contribution < -0.4 is 14.8 Å². The summed E-state index contributed by atoms with van der Waals surface area (Å²) in [5.74, 6) is 2.35. The van der Waals surface area contributed by atoms with E-state index in [9.17, 15) is 9.59 Å². The molecule has 2 atom stereocenters. The van der Waals surface area contributed by atoms with Crippen molar-refractivity contribution in [3.63, 3.8) is 0 Å². The van der Waals surface area contributed by atoms with Gasteiger partial charge in [0.1, 0.15) is 22.4 Å². The number of alkyl halides is 1. The minimum atomic E-state index is -0.306. The number of amides is 2. The predicted molar refractivity (Wildman–Crippen MR) is 134 cm³/mol. The van der Waals surface area contributed by atoms with E-state index in [0.717, 1.165) is 48.8 Å². The van der Waals surface area contributed by atoms with Crippen molar-refractivity contribution in [2.45, 2.75) is 43.5 Å². The summed E-state index contributed by atoms with van der Waals surface area (Å²) in [5, 5.41) is 2.89. The Morgan fingerprint density at radius 1 is 1.21 bits per heavy atom. The van der Waals surface area contributed by atoms with Crippen molar-refractivity contribution in [2.24, 2.45) is 0 Å². The second kappa shape index (κ2) is 10.0. The Labute approximate surface area is 211 Å². The van der Waals surface area contributed by atoms with Crippen molar-refractivity contribution in [2.75, 3.05) is 13.3 Å². The lowest BCUT2D eigenvalue weighted by Gasteiger charge is -2.25. The van der Waals surface area contributed by atoms with Crippen LogP contribution in [0.5, 0.6) is 11.5 Å². The third-order valence-corrected chi connectivity index (χ3v) is 7.97. The van der Waals surface area contributed by atoms with Crippen molar-refractivity contribution in [3.8, 4) is 11.5 Å². The maximum absolute atomic E-state index is 12.9. The molecule has 7 nitrogen and oxygen atoms in total. The first-order valence-corrected chi connectivity index (χ1v) is 12.8. The fraction of sp³-hybridized carbons (Fsp3) is 0.375. The molecule has 1 N–H and O–H groups in total. The summed E-state index contributed by atoms with van der Waals surface area (Å²) < 4.78 is 17.0. The highest BCUT2D eigenvalue weighted by atomic mass is 35.5. The SMILES string of the molecule is O=C(CN1C(=O)/C(=C/c2ccc(C3CCCCC3Cl)o2)SC1=S)NCc1ccc2c(c1)OCO2. The van der Waals surface area contributed by atoms with Crippen LogP contribution in [-0.4, -0.2) is 39.7 Å². The van der Waals surface area contributed by atoms with Crippen LogP contribution in [-0.2, 0) is 16.1 Å². The number of benzene rings is 1. The first-order chi connectivity index (χ1) is 16.5. The molecule has 1 aliphatic carbocycles. The number of thiocarbonyl (C=S) groups is 1. The Morgan fingerprint density at radius 2 is 2.03 bits per heavy atom. The molecule has 2 amide bonds. The lowest BCUT2D eigenvalue weighted by atomic mass is 9.87. The Kier molecular flexibility index (Phi) is 6.85. The molecule has 0 spiro atoms. The molecule has 2 fully saturated rings. The molecule has 10 heteroatoms. The van der Waals surface area contributed by atoms with Gasteiger partial charge in [-0.2, -0.15) is 0 Å². The summed E-state index contributed by atoms with van der Waals surface area (Å²) in [6.07, 6.45) is 5.95. The summed E-state index contributed by atoms with van der Waals surface area (Å²) in [6, 6.07) is 9.26. The highest BCUT2D eigenvalue weighted by molar-refractivity contribution is 8.26. The van der Waals surface area contributed by atoms with Crippen LogP contribution >= 0.6 is 35.6 Å². The lowest BCUT2D eigenvalue weighted by Crippen LogP contribution is -2.39. The van der Waals surface area contributed by atoms with Gasteiger partial charge < -0.3 is 19.2 Å². The number of nitrogens with zero attached hydrogens (tertiary/aromatic N) is 1. The zero-order chi connectivity index (χ0) is 23.7. The zero-order valence-corrected chi connectivity index (χ0v) is 20.6. The molecule has 34 heavy (non-hydrogen) atoms. The number of carbonyl (C=O) groups is 2. The van der Waals surface area contributed by atoms with Gasteiger partial charge in [-0.05, 0) is 42.7 Å². The molecule has 2 aliphatic heterocycles. The molecule has 1 saturated heterocycles. The molecule has 0 radical (unpaired) electrons. The van der Waals surface area contributed by atoms with Crippen molar-refractivity contribution < 1.29 is 23.5 Å². The Morgan fingerprint density at radius 3 is 2.88 bits per heavy atom. The molecule has 178 valence electrons. The van der Waals surface area contributed by atoms with E-state index < -0.39 is 0 Å². The van der Waals surface area contributed by atoms with E-state index in [1.54, 1.807) is 12.1 Å². The summed E-state index contributed by atoms with van der Waals surface area (Å²) in [4.78, 5) is 27.1. The number of hydrogen-bond acceptors (Lipinski definition) is 7. The number of hydrogen-bond donors (Lipinski definition) is 1. The molecule has 1 saturated carbocycles. The van der Waals surface area contributed by atoms with Gasteiger partial charge in [-0.3, -0.25) is 14.5 Å². The first kappa shape index (κ1) is 23.3. The van der Waals surface area contributed by atoms with Crippen LogP contribution in [0.25, 0.3) is 6.08 Å². The van der Waals surface area contributed by atoms with Gasteiger partial charge in [0.15, 0.2) is 11.5 Å². The maximum atomic E-state index is 12.9. The zero-order valence-electron chi connectivity index (χ0n) is 18.3. The number of thioether (sulfide) groups is 1. The average molecular weight is 519 g/mol. The number of rotatable bonds is 6. The number of halogens is 1. The van der Waals surface area contributed by atoms with E-state index in [1.165, 1.54) is 4.90 Å². The van der Waals surface area contributed by atoms with Gasteiger partial charge in [-0.25, -0.2) is 0 Å².